The lowest BCUT2D eigenvalue weighted by Crippen LogP contribution is -2.22. The summed E-state index contributed by atoms with van der Waals surface area (Å²) in [7, 11) is 1.44. The second kappa shape index (κ2) is 5.00. The minimum Gasteiger partial charge on any atom is -0.497 e. The zero-order valence-electron chi connectivity index (χ0n) is 14.0. The first kappa shape index (κ1) is 8.02. The van der Waals surface area contributed by atoms with Crippen LogP contribution in [-0.2, 0) is 11.2 Å². The van der Waals surface area contributed by atoms with E-state index in [1.165, 1.54) is 13.2 Å². The van der Waals surface area contributed by atoms with Gasteiger partial charge in [0.2, 0.25) is 5.91 Å². The third-order valence-electron chi connectivity index (χ3n) is 2.41. The Morgan fingerprint density at radius 3 is 3.06 bits per heavy atom. The van der Waals surface area contributed by atoms with E-state index in [1.807, 2.05) is 5.32 Å². The molecule has 18 heavy (non-hydrogen) atoms. The molecule has 0 aliphatic carbocycles. The molecule has 1 amide bonds. The summed E-state index contributed by atoms with van der Waals surface area (Å²) in [5.41, 5.74) is 0.149. The second-order valence-corrected chi connectivity index (χ2v) is 3.69. The van der Waals surface area contributed by atoms with Crippen LogP contribution in [0.5, 0.6) is 11.6 Å². The number of benzene rings is 1. The summed E-state index contributed by atoms with van der Waals surface area (Å²) in [5.74, 6) is -0.781. The van der Waals surface area contributed by atoms with Crippen molar-refractivity contribution >= 4 is 16.8 Å². The fraction of sp³-hybridized carbons (Fsp3) is 0.308. The maximum Gasteiger partial charge on any atom is 0.216 e. The van der Waals surface area contributed by atoms with E-state index in [0.717, 1.165) is 6.92 Å². The lowest BCUT2D eigenvalue weighted by molar-refractivity contribution is -0.118. The van der Waals surface area contributed by atoms with Crippen LogP contribution in [0.4, 0.5) is 0 Å². The van der Waals surface area contributed by atoms with Gasteiger partial charge in [-0.2, -0.15) is 0 Å². The number of carbonyl (C=O) groups excluding carboxylic acids is 1. The highest BCUT2D eigenvalue weighted by atomic mass is 16.5. The molecule has 0 fully saturated rings. The number of methoxy groups -OCH3 is 1. The molecule has 2 rings (SSSR count). The average Bonchev–Trinajstić information content (AvgIpc) is 2.72. The molecule has 1 heterocycles. The minimum absolute atomic E-state index is 0.274. The fourth-order valence-electron chi connectivity index (χ4n) is 1.59. The van der Waals surface area contributed by atoms with Crippen LogP contribution in [0.25, 0.3) is 10.9 Å². The van der Waals surface area contributed by atoms with Crippen molar-refractivity contribution in [2.75, 3.05) is 13.6 Å². The largest absolute Gasteiger partial charge is 0.497 e. The summed E-state index contributed by atoms with van der Waals surface area (Å²) in [6.07, 6.45) is -2.67. The van der Waals surface area contributed by atoms with Crippen molar-refractivity contribution in [3.8, 4) is 11.6 Å². The van der Waals surface area contributed by atoms with Crippen LogP contribution in [-0.4, -0.2) is 29.6 Å². The maximum atomic E-state index is 11.1. The second-order valence-electron chi connectivity index (χ2n) is 3.69. The number of aromatic amines is 1. The van der Waals surface area contributed by atoms with Crippen molar-refractivity contribution in [1.29, 1.82) is 0 Å². The van der Waals surface area contributed by atoms with Gasteiger partial charge in [0.05, 0.1) is 7.11 Å². The third-order valence-corrected chi connectivity index (χ3v) is 2.41. The van der Waals surface area contributed by atoms with Gasteiger partial charge in [0.1, 0.15) is 5.75 Å². The van der Waals surface area contributed by atoms with Gasteiger partial charge in [-0.3, -0.25) is 4.79 Å². The van der Waals surface area contributed by atoms with Crippen LogP contribution < -0.4 is 10.1 Å². The predicted octanol–water partition coefficient (Wildman–Crippen LogP) is 1.56. The smallest absolute Gasteiger partial charge is 0.216 e. The minimum atomic E-state index is -2.71. The molecular formula is C13H16N2O3. The summed E-state index contributed by atoms with van der Waals surface area (Å²) < 4.78 is 36.9. The highest BCUT2D eigenvalue weighted by Crippen LogP contribution is 2.30. The fourth-order valence-corrected chi connectivity index (χ4v) is 1.59. The van der Waals surface area contributed by atoms with E-state index >= 15 is 0 Å². The van der Waals surface area contributed by atoms with Crippen molar-refractivity contribution in [3.05, 3.63) is 23.8 Å². The monoisotopic (exact) mass is 252 g/mol. The van der Waals surface area contributed by atoms with Gasteiger partial charge in [0.25, 0.3) is 0 Å². The Morgan fingerprint density at radius 2 is 2.39 bits per heavy atom. The van der Waals surface area contributed by atoms with Gasteiger partial charge in [-0.05, 0) is 24.6 Å². The van der Waals surface area contributed by atoms with Gasteiger partial charge in [-0.15, -0.1) is 0 Å². The quantitative estimate of drug-likeness (QED) is 0.773. The lowest BCUT2D eigenvalue weighted by atomic mass is 10.1. The standard InChI is InChI=1S/C13H16N2O3/c1-8(16)14-6-5-10-11-7-9(18-2)3-4-12(11)15-13(10)17/h3-4,7,15,17H,5-6H2,1-2H3,(H,14,16)/i5D2,6D2. The highest BCUT2D eigenvalue weighted by molar-refractivity contribution is 5.87. The number of aromatic nitrogens is 1. The van der Waals surface area contributed by atoms with Gasteiger partial charge in [0, 0.05) is 35.4 Å². The van der Waals surface area contributed by atoms with Gasteiger partial charge in [0.15, 0.2) is 5.88 Å². The summed E-state index contributed by atoms with van der Waals surface area (Å²) in [5, 5.41) is 12.2. The number of hydrogen-bond acceptors (Lipinski definition) is 3. The molecule has 1 aromatic heterocycles. The predicted molar refractivity (Wildman–Crippen MR) is 68.9 cm³/mol. The number of aryl methyl sites for hydroxylation is 1. The molecule has 0 unspecified atom stereocenters. The van der Waals surface area contributed by atoms with Crippen LogP contribution in [0.15, 0.2) is 18.2 Å². The zero-order valence-corrected chi connectivity index (χ0v) is 10.00. The number of hydrogen-bond donors (Lipinski definition) is 3. The number of amides is 1. The molecule has 96 valence electrons. The van der Waals surface area contributed by atoms with E-state index in [2.05, 4.69) is 4.98 Å². The SMILES string of the molecule is [2H]C([2H])(NC(C)=O)C([2H])([2H])c1c(O)[nH]c2ccc(OC)cc12. The Labute approximate surface area is 110 Å². The van der Waals surface area contributed by atoms with E-state index in [9.17, 15) is 9.90 Å². The van der Waals surface area contributed by atoms with Gasteiger partial charge in [-0.25, -0.2) is 0 Å². The van der Waals surface area contributed by atoms with Crippen molar-refractivity contribution < 1.29 is 20.1 Å². The first-order chi connectivity index (χ1) is 10.1. The molecule has 5 nitrogen and oxygen atoms in total. The topological polar surface area (TPSA) is 74.4 Å². The van der Waals surface area contributed by atoms with Crippen molar-refractivity contribution in [2.24, 2.45) is 0 Å². The van der Waals surface area contributed by atoms with Crippen LogP contribution in [0.2, 0.25) is 0 Å². The number of H-pyrrole nitrogens is 1. The van der Waals surface area contributed by atoms with Gasteiger partial charge in [-0.1, -0.05) is 0 Å². The molecule has 0 atom stereocenters. The molecule has 0 spiro atoms. The Balaban J connectivity index is 2.66. The van der Waals surface area contributed by atoms with Crippen LogP contribution in [0.3, 0.4) is 0 Å². The van der Waals surface area contributed by atoms with Crippen molar-refractivity contribution in [3.63, 3.8) is 0 Å². The summed E-state index contributed by atoms with van der Waals surface area (Å²) in [4.78, 5) is 13.7. The lowest BCUT2D eigenvalue weighted by Gasteiger charge is -2.03. The molecule has 0 aliphatic rings. The molecule has 0 bridgehead atoms. The molecule has 0 saturated heterocycles. The summed E-state index contributed by atoms with van der Waals surface area (Å²) in [6.45, 7) is -1.62. The van der Waals surface area contributed by atoms with Gasteiger partial charge < -0.3 is 20.1 Å². The van der Waals surface area contributed by atoms with Crippen LogP contribution in [0, 0.1) is 0 Å². The molecule has 2 aromatic rings. The number of rotatable bonds is 4. The molecule has 0 aliphatic heterocycles. The van der Waals surface area contributed by atoms with Crippen LogP contribution >= 0.6 is 0 Å². The Hall–Kier alpha value is -2.17. The zero-order chi connectivity index (χ0) is 16.7. The summed E-state index contributed by atoms with van der Waals surface area (Å²) in [6, 6.07) is 4.70. The number of ether oxygens (including phenoxy) is 1. The van der Waals surface area contributed by atoms with E-state index < -0.39 is 24.7 Å². The number of carbonyl (C=O) groups is 1. The van der Waals surface area contributed by atoms with Crippen molar-refractivity contribution in [2.45, 2.75) is 13.3 Å². The van der Waals surface area contributed by atoms with E-state index in [1.54, 1.807) is 12.1 Å². The van der Waals surface area contributed by atoms with E-state index in [-0.39, 0.29) is 10.9 Å². The molecule has 0 saturated carbocycles. The molecule has 0 radical (unpaired) electrons. The highest BCUT2D eigenvalue weighted by Gasteiger charge is 2.11. The first-order valence-corrected chi connectivity index (χ1v) is 5.28. The van der Waals surface area contributed by atoms with Crippen LogP contribution in [0.1, 0.15) is 18.0 Å². The molecule has 5 heteroatoms. The Morgan fingerprint density at radius 1 is 1.61 bits per heavy atom. The Bertz CT molecular complexity index is 727. The molecule has 3 N–H and O–H groups in total. The van der Waals surface area contributed by atoms with E-state index in [4.69, 9.17) is 10.2 Å². The third kappa shape index (κ3) is 2.40. The Kier molecular flexibility index (Phi) is 2.23. The number of nitrogens with one attached hydrogen (secondary N) is 2. The maximum absolute atomic E-state index is 11.1. The number of fused-ring (bicyclic) bond motifs is 1. The molecular weight excluding hydrogens is 232 g/mol. The molecule has 1 aromatic carbocycles. The summed E-state index contributed by atoms with van der Waals surface area (Å²) >= 11 is 0. The first-order valence-electron chi connectivity index (χ1n) is 7.28. The van der Waals surface area contributed by atoms with E-state index in [0.29, 0.717) is 11.3 Å². The normalized spacial score (nSPS) is 15.4. The average molecular weight is 252 g/mol. The number of aromatic hydroxyl groups is 1. The van der Waals surface area contributed by atoms with Gasteiger partial charge >= 0.3 is 0 Å². The van der Waals surface area contributed by atoms with Crippen molar-refractivity contribution in [1.82, 2.24) is 10.3 Å².